The molecule has 29 heavy (non-hydrogen) atoms. The molecule has 0 saturated carbocycles. The number of carboxylic acid groups (broad SMARTS) is 1. The summed E-state index contributed by atoms with van der Waals surface area (Å²) in [5.74, 6) is -2.73. The molecule has 5 N–H and O–H groups in total. The smallest absolute Gasteiger partial charge is 0.327 e. The van der Waals surface area contributed by atoms with Crippen molar-refractivity contribution in [2.75, 3.05) is 18.8 Å². The van der Waals surface area contributed by atoms with Crippen molar-refractivity contribution in [3.8, 4) is 0 Å². The summed E-state index contributed by atoms with van der Waals surface area (Å²) in [5, 5.41) is 19.7. The van der Waals surface area contributed by atoms with Gasteiger partial charge in [0.05, 0.1) is 12.6 Å². The number of amides is 3. The molecule has 0 radical (unpaired) electrons. The van der Waals surface area contributed by atoms with E-state index in [1.165, 1.54) is 0 Å². The highest BCUT2D eigenvalue weighted by atomic mass is 32.1. The molecule has 1 aliphatic rings. The Morgan fingerprint density at radius 2 is 1.86 bits per heavy atom. The maximum atomic E-state index is 12.6. The molecule has 3 unspecified atom stereocenters. The molecule has 158 valence electrons. The molecule has 0 aromatic heterocycles. The summed E-state index contributed by atoms with van der Waals surface area (Å²) in [4.78, 5) is 48.1. The molecule has 1 heterocycles. The summed E-state index contributed by atoms with van der Waals surface area (Å²) in [6.07, 6.45) is 1.79. The van der Waals surface area contributed by atoms with Crippen LogP contribution in [-0.2, 0) is 25.6 Å². The Morgan fingerprint density at radius 3 is 2.45 bits per heavy atom. The third-order valence-electron chi connectivity index (χ3n) is 4.53. The highest BCUT2D eigenvalue weighted by Crippen LogP contribution is 2.05. The Kier molecular flexibility index (Phi) is 8.94. The van der Waals surface area contributed by atoms with Crippen LogP contribution in [0, 0.1) is 0 Å². The lowest BCUT2D eigenvalue weighted by Gasteiger charge is -2.21. The summed E-state index contributed by atoms with van der Waals surface area (Å²) < 4.78 is 0. The van der Waals surface area contributed by atoms with Gasteiger partial charge in [0.2, 0.25) is 17.7 Å². The summed E-state index contributed by atoms with van der Waals surface area (Å²) in [6.45, 7) is 0.490. The van der Waals surface area contributed by atoms with Gasteiger partial charge in [-0.25, -0.2) is 4.79 Å². The highest BCUT2D eigenvalue weighted by molar-refractivity contribution is 7.80. The molecule has 9 nitrogen and oxygen atoms in total. The van der Waals surface area contributed by atoms with Gasteiger partial charge >= 0.3 is 5.97 Å². The monoisotopic (exact) mass is 422 g/mol. The van der Waals surface area contributed by atoms with E-state index >= 15 is 0 Å². The third-order valence-corrected chi connectivity index (χ3v) is 4.90. The fourth-order valence-corrected chi connectivity index (χ4v) is 3.21. The number of benzene rings is 1. The zero-order valence-electron chi connectivity index (χ0n) is 15.9. The normalized spacial score (nSPS) is 17.8. The van der Waals surface area contributed by atoms with Gasteiger partial charge in [-0.3, -0.25) is 14.4 Å². The molecule has 1 fully saturated rings. The summed E-state index contributed by atoms with van der Waals surface area (Å²) in [6, 6.07) is 6.55. The number of nitrogens with one attached hydrogen (secondary N) is 4. The van der Waals surface area contributed by atoms with E-state index in [4.69, 9.17) is 5.11 Å². The van der Waals surface area contributed by atoms with Crippen LogP contribution >= 0.6 is 12.6 Å². The van der Waals surface area contributed by atoms with Gasteiger partial charge in [-0.15, -0.1) is 0 Å². The molecule has 3 amide bonds. The van der Waals surface area contributed by atoms with Crippen LogP contribution in [0.4, 0.5) is 0 Å². The highest BCUT2D eigenvalue weighted by Gasteiger charge is 2.27. The van der Waals surface area contributed by atoms with E-state index in [0.29, 0.717) is 6.42 Å². The average Bonchev–Trinajstić information content (AvgIpc) is 3.25. The summed E-state index contributed by atoms with van der Waals surface area (Å²) >= 11 is 3.93. The van der Waals surface area contributed by atoms with E-state index in [2.05, 4.69) is 33.9 Å². The van der Waals surface area contributed by atoms with Crippen molar-refractivity contribution in [3.63, 3.8) is 0 Å². The number of carbonyl (C=O) groups is 4. The van der Waals surface area contributed by atoms with Crippen LogP contribution in [0.5, 0.6) is 0 Å². The third kappa shape index (κ3) is 7.39. The van der Waals surface area contributed by atoms with E-state index in [1.807, 2.05) is 6.07 Å². The van der Waals surface area contributed by atoms with Gasteiger partial charge in [-0.1, -0.05) is 30.3 Å². The molecule has 10 heteroatoms. The lowest BCUT2D eigenvalue weighted by Crippen LogP contribution is -2.54. The number of carbonyl (C=O) groups excluding carboxylic acids is 3. The number of hydrogen-bond acceptors (Lipinski definition) is 6. The molecular formula is C19H26N4O5S. The predicted octanol–water partition coefficient (Wildman–Crippen LogP) is -0.919. The largest absolute Gasteiger partial charge is 0.480 e. The molecule has 0 aliphatic carbocycles. The molecule has 1 aromatic carbocycles. The second-order valence-electron chi connectivity index (χ2n) is 6.76. The van der Waals surface area contributed by atoms with Gasteiger partial charge in [0, 0.05) is 12.2 Å². The van der Waals surface area contributed by atoms with E-state index in [0.717, 1.165) is 18.5 Å². The van der Waals surface area contributed by atoms with E-state index in [-0.39, 0.29) is 30.7 Å². The standard InChI is InChI=1S/C19H26N4O5S/c24-16(10-21-17(25)13-7-4-8-20-13)22-14(9-12-5-2-1-3-6-12)18(26)23-15(11-29)19(27)28/h1-3,5-6,13-15,20,29H,4,7-11H2,(H,21,25)(H,22,24)(H,23,26)(H,27,28). The van der Waals surface area contributed by atoms with Crippen LogP contribution in [0.2, 0.25) is 0 Å². The zero-order chi connectivity index (χ0) is 21.2. The van der Waals surface area contributed by atoms with Crippen molar-refractivity contribution >= 4 is 36.3 Å². The van der Waals surface area contributed by atoms with Crippen molar-refractivity contribution in [1.82, 2.24) is 21.3 Å². The van der Waals surface area contributed by atoms with Gasteiger partial charge in [0.25, 0.3) is 0 Å². The minimum atomic E-state index is -1.21. The maximum absolute atomic E-state index is 12.6. The summed E-state index contributed by atoms with van der Waals surface area (Å²) in [7, 11) is 0. The quantitative estimate of drug-likeness (QED) is 0.270. The minimum absolute atomic E-state index is 0.0858. The van der Waals surface area contributed by atoms with E-state index in [1.54, 1.807) is 24.3 Å². The van der Waals surface area contributed by atoms with Crippen molar-refractivity contribution in [2.24, 2.45) is 0 Å². The lowest BCUT2D eigenvalue weighted by atomic mass is 10.0. The molecule has 0 bridgehead atoms. The van der Waals surface area contributed by atoms with Crippen molar-refractivity contribution in [1.29, 1.82) is 0 Å². The molecular weight excluding hydrogens is 396 g/mol. The van der Waals surface area contributed by atoms with Gasteiger partial charge in [-0.2, -0.15) is 12.6 Å². The van der Waals surface area contributed by atoms with Crippen LogP contribution in [0.15, 0.2) is 30.3 Å². The van der Waals surface area contributed by atoms with Crippen LogP contribution < -0.4 is 21.3 Å². The average molecular weight is 423 g/mol. The predicted molar refractivity (Wildman–Crippen MR) is 110 cm³/mol. The first-order valence-corrected chi connectivity index (χ1v) is 10.0. The van der Waals surface area contributed by atoms with E-state index < -0.39 is 29.9 Å². The lowest BCUT2D eigenvalue weighted by molar-refractivity contribution is -0.141. The van der Waals surface area contributed by atoms with Gasteiger partial charge in [0.15, 0.2) is 0 Å². The SMILES string of the molecule is O=C(CNC(=O)C1CCCN1)NC(Cc1ccccc1)C(=O)NC(CS)C(=O)O. The Bertz CT molecular complexity index is 725. The van der Waals surface area contributed by atoms with Crippen LogP contribution in [0.3, 0.4) is 0 Å². The fourth-order valence-electron chi connectivity index (χ4n) is 2.96. The van der Waals surface area contributed by atoms with Crippen molar-refractivity contribution in [3.05, 3.63) is 35.9 Å². The molecule has 1 aliphatic heterocycles. The topological polar surface area (TPSA) is 137 Å². The number of thiol groups is 1. The first kappa shape index (κ1) is 22.7. The zero-order valence-corrected chi connectivity index (χ0v) is 16.8. The Labute approximate surface area is 174 Å². The Hall–Kier alpha value is -2.59. The van der Waals surface area contributed by atoms with Crippen molar-refractivity contribution < 1.29 is 24.3 Å². The molecule has 3 atom stereocenters. The van der Waals surface area contributed by atoms with Crippen LogP contribution in [0.25, 0.3) is 0 Å². The molecule has 1 aromatic rings. The number of aliphatic carboxylic acids is 1. The molecule has 0 spiro atoms. The number of hydrogen-bond donors (Lipinski definition) is 6. The Balaban J connectivity index is 1.97. The molecule has 1 saturated heterocycles. The minimum Gasteiger partial charge on any atom is -0.480 e. The fraction of sp³-hybridized carbons (Fsp3) is 0.474. The first-order chi connectivity index (χ1) is 13.9. The maximum Gasteiger partial charge on any atom is 0.327 e. The van der Waals surface area contributed by atoms with Gasteiger partial charge in [0.1, 0.15) is 12.1 Å². The van der Waals surface area contributed by atoms with E-state index in [9.17, 15) is 19.2 Å². The van der Waals surface area contributed by atoms with Gasteiger partial charge in [-0.05, 0) is 24.9 Å². The first-order valence-electron chi connectivity index (χ1n) is 9.39. The van der Waals surface area contributed by atoms with Crippen LogP contribution in [0.1, 0.15) is 18.4 Å². The number of rotatable bonds is 10. The second kappa shape index (κ2) is 11.4. The summed E-state index contributed by atoms with van der Waals surface area (Å²) in [5.41, 5.74) is 0.796. The van der Waals surface area contributed by atoms with Crippen molar-refractivity contribution in [2.45, 2.75) is 37.4 Å². The second-order valence-corrected chi connectivity index (χ2v) is 7.12. The number of carboxylic acids is 1. The molecule has 2 rings (SSSR count). The van der Waals surface area contributed by atoms with Gasteiger partial charge < -0.3 is 26.4 Å². The Morgan fingerprint density at radius 1 is 1.14 bits per heavy atom. The van der Waals surface area contributed by atoms with Crippen LogP contribution in [-0.4, -0.2) is 65.8 Å².